The molecular weight excluding hydrogens is 443 g/mol. The minimum Gasteiger partial charge on any atom is -0.457 e. The normalized spacial score (nSPS) is 15.1. The van der Waals surface area contributed by atoms with Crippen molar-refractivity contribution < 1.29 is 14.0 Å². The molecule has 0 spiro atoms. The number of rotatable bonds is 4. The Labute approximate surface area is 186 Å². The highest BCUT2D eigenvalue weighted by molar-refractivity contribution is 8.18. The molecule has 8 heteroatoms. The van der Waals surface area contributed by atoms with Gasteiger partial charge >= 0.3 is 0 Å². The number of carbonyl (C=O) groups is 2. The van der Waals surface area contributed by atoms with Crippen LogP contribution in [0.5, 0.6) is 0 Å². The van der Waals surface area contributed by atoms with Crippen molar-refractivity contribution in [3.8, 4) is 17.4 Å². The number of imide groups is 1. The van der Waals surface area contributed by atoms with Gasteiger partial charge in [0.15, 0.2) is 0 Å². The summed E-state index contributed by atoms with van der Waals surface area (Å²) in [6, 6.07) is 17.6. The van der Waals surface area contributed by atoms with Crippen LogP contribution in [0.4, 0.5) is 4.79 Å². The molecule has 0 N–H and O–H groups in total. The fraction of sp³-hybridized carbons (Fsp3) is 0.0455. The molecule has 1 aromatic heterocycles. The van der Waals surface area contributed by atoms with Gasteiger partial charge in [0.2, 0.25) is 0 Å². The van der Waals surface area contributed by atoms with E-state index in [0.29, 0.717) is 38.3 Å². The molecule has 0 radical (unpaired) electrons. The summed E-state index contributed by atoms with van der Waals surface area (Å²) in [5, 5.41) is 9.62. The topological polar surface area (TPSA) is 74.3 Å². The van der Waals surface area contributed by atoms with E-state index in [9.17, 15) is 14.9 Å². The van der Waals surface area contributed by atoms with Crippen LogP contribution < -0.4 is 0 Å². The summed E-state index contributed by atoms with van der Waals surface area (Å²) in [4.78, 5) is 26.5. The first kappa shape index (κ1) is 20.3. The number of amides is 2. The first-order chi connectivity index (χ1) is 14.5. The molecule has 1 aliphatic rings. The number of hydrogen-bond acceptors (Lipinski definition) is 5. The van der Waals surface area contributed by atoms with Crippen molar-refractivity contribution in [1.82, 2.24) is 4.90 Å². The third-order valence-corrected chi connectivity index (χ3v) is 6.08. The highest BCUT2D eigenvalue weighted by Crippen LogP contribution is 2.36. The zero-order chi connectivity index (χ0) is 21.3. The van der Waals surface area contributed by atoms with Crippen LogP contribution in [0.25, 0.3) is 17.4 Å². The fourth-order valence-corrected chi connectivity index (χ4v) is 4.31. The van der Waals surface area contributed by atoms with Crippen LogP contribution in [0, 0.1) is 11.3 Å². The molecule has 0 atom stereocenters. The van der Waals surface area contributed by atoms with E-state index in [-0.39, 0.29) is 11.4 Å². The monoisotopic (exact) mass is 454 g/mol. The van der Waals surface area contributed by atoms with E-state index >= 15 is 0 Å². The lowest BCUT2D eigenvalue weighted by molar-refractivity contribution is -0.123. The van der Waals surface area contributed by atoms with Gasteiger partial charge < -0.3 is 4.42 Å². The minimum absolute atomic E-state index is 0.0144. The Bertz CT molecular complexity index is 1220. The van der Waals surface area contributed by atoms with Crippen LogP contribution in [0.15, 0.2) is 63.9 Å². The smallest absolute Gasteiger partial charge is 0.293 e. The molecular formula is C22H12Cl2N2O3S. The maximum atomic E-state index is 12.8. The molecule has 0 unspecified atom stereocenters. The standard InChI is InChI=1S/C22H12Cl2N2O3S/c23-17-6-3-7-18(24)16(17)12-26-21(27)20(30-22(26)28)10-14-8-9-19(29-14)15-5-2-1-4-13(15)11-25/h1-10H,12H2/b20-10+. The number of hydrogen-bond donors (Lipinski definition) is 0. The first-order valence-electron chi connectivity index (χ1n) is 8.75. The van der Waals surface area contributed by atoms with Crippen molar-refractivity contribution in [1.29, 1.82) is 5.26 Å². The van der Waals surface area contributed by atoms with Crippen molar-refractivity contribution in [3.05, 3.63) is 86.4 Å². The Morgan fingerprint density at radius 1 is 1.03 bits per heavy atom. The van der Waals surface area contributed by atoms with Crippen LogP contribution in [0.2, 0.25) is 10.0 Å². The lowest BCUT2D eigenvalue weighted by Gasteiger charge is -2.14. The zero-order valence-corrected chi connectivity index (χ0v) is 17.6. The number of carbonyl (C=O) groups excluding carboxylic acids is 2. The summed E-state index contributed by atoms with van der Waals surface area (Å²) >= 11 is 13.1. The van der Waals surface area contributed by atoms with Crippen molar-refractivity contribution in [3.63, 3.8) is 0 Å². The average molecular weight is 455 g/mol. The Kier molecular flexibility index (Phi) is 5.69. The lowest BCUT2D eigenvalue weighted by atomic mass is 10.1. The van der Waals surface area contributed by atoms with E-state index < -0.39 is 11.1 Å². The summed E-state index contributed by atoms with van der Waals surface area (Å²) in [6.07, 6.45) is 1.51. The molecule has 1 aliphatic heterocycles. The van der Waals surface area contributed by atoms with Crippen LogP contribution in [-0.2, 0) is 11.3 Å². The molecule has 3 aromatic rings. The highest BCUT2D eigenvalue weighted by Gasteiger charge is 2.36. The van der Waals surface area contributed by atoms with E-state index in [1.165, 1.54) is 6.08 Å². The van der Waals surface area contributed by atoms with Gasteiger partial charge in [0.1, 0.15) is 11.5 Å². The molecule has 2 amide bonds. The highest BCUT2D eigenvalue weighted by atomic mass is 35.5. The second-order valence-corrected chi connectivity index (χ2v) is 8.14. The maximum Gasteiger partial charge on any atom is 0.293 e. The summed E-state index contributed by atoms with van der Waals surface area (Å²) in [5.41, 5.74) is 1.65. The van der Waals surface area contributed by atoms with Gasteiger partial charge in [0, 0.05) is 27.2 Å². The predicted molar refractivity (Wildman–Crippen MR) is 117 cm³/mol. The van der Waals surface area contributed by atoms with E-state index in [1.54, 1.807) is 48.5 Å². The second-order valence-electron chi connectivity index (χ2n) is 6.33. The van der Waals surface area contributed by atoms with Gasteiger partial charge in [0.05, 0.1) is 23.1 Å². The van der Waals surface area contributed by atoms with Crippen molar-refractivity contribution >= 4 is 52.2 Å². The molecule has 30 heavy (non-hydrogen) atoms. The first-order valence-corrected chi connectivity index (χ1v) is 10.3. The molecule has 5 nitrogen and oxygen atoms in total. The van der Waals surface area contributed by atoms with Gasteiger partial charge in [-0.2, -0.15) is 5.26 Å². The third kappa shape index (κ3) is 3.88. The summed E-state index contributed by atoms with van der Waals surface area (Å²) in [7, 11) is 0. The number of nitrogens with zero attached hydrogens (tertiary/aromatic N) is 2. The minimum atomic E-state index is -0.448. The molecule has 1 saturated heterocycles. The molecule has 0 bridgehead atoms. The Morgan fingerprint density at radius 3 is 2.50 bits per heavy atom. The largest absolute Gasteiger partial charge is 0.457 e. The van der Waals surface area contributed by atoms with Crippen molar-refractivity contribution in [2.75, 3.05) is 0 Å². The van der Waals surface area contributed by atoms with E-state index in [1.807, 2.05) is 6.07 Å². The quantitative estimate of drug-likeness (QED) is 0.428. The van der Waals surface area contributed by atoms with Crippen LogP contribution in [-0.4, -0.2) is 16.0 Å². The SMILES string of the molecule is N#Cc1ccccc1-c1ccc(/C=C2/SC(=O)N(Cc3c(Cl)cccc3Cl)C2=O)o1. The number of benzene rings is 2. The van der Waals surface area contributed by atoms with Crippen LogP contribution >= 0.6 is 35.0 Å². The lowest BCUT2D eigenvalue weighted by Crippen LogP contribution is -2.27. The number of halogens is 2. The molecule has 0 saturated carbocycles. The fourth-order valence-electron chi connectivity index (χ4n) is 2.98. The molecule has 0 aliphatic carbocycles. The zero-order valence-electron chi connectivity index (χ0n) is 15.3. The number of thioether (sulfide) groups is 1. The van der Waals surface area contributed by atoms with Crippen molar-refractivity contribution in [2.45, 2.75) is 6.54 Å². The molecule has 4 rings (SSSR count). The average Bonchev–Trinajstić information content (AvgIpc) is 3.30. The van der Waals surface area contributed by atoms with Crippen LogP contribution in [0.1, 0.15) is 16.9 Å². The number of furan rings is 1. The summed E-state index contributed by atoms with van der Waals surface area (Å²) < 4.78 is 5.78. The van der Waals surface area contributed by atoms with E-state index in [2.05, 4.69) is 6.07 Å². The van der Waals surface area contributed by atoms with Gasteiger partial charge in [-0.1, -0.05) is 41.4 Å². The summed E-state index contributed by atoms with van der Waals surface area (Å²) in [5.74, 6) is 0.454. The van der Waals surface area contributed by atoms with Gasteiger partial charge in [-0.05, 0) is 48.2 Å². The second kappa shape index (κ2) is 8.41. The Balaban J connectivity index is 1.59. The Hall–Kier alpha value is -2.98. The predicted octanol–water partition coefficient (Wildman–Crippen LogP) is 6.36. The van der Waals surface area contributed by atoms with Gasteiger partial charge in [0.25, 0.3) is 11.1 Å². The summed E-state index contributed by atoms with van der Waals surface area (Å²) in [6.45, 7) is -0.0144. The molecule has 148 valence electrons. The van der Waals surface area contributed by atoms with Crippen LogP contribution in [0.3, 0.4) is 0 Å². The maximum absolute atomic E-state index is 12.8. The van der Waals surface area contributed by atoms with Gasteiger partial charge in [-0.3, -0.25) is 14.5 Å². The molecule has 1 fully saturated rings. The van der Waals surface area contributed by atoms with Gasteiger partial charge in [-0.25, -0.2) is 0 Å². The number of nitriles is 1. The van der Waals surface area contributed by atoms with Gasteiger partial charge in [-0.15, -0.1) is 0 Å². The van der Waals surface area contributed by atoms with E-state index in [0.717, 1.165) is 16.7 Å². The molecule has 2 heterocycles. The van der Waals surface area contributed by atoms with E-state index in [4.69, 9.17) is 27.6 Å². The van der Waals surface area contributed by atoms with Crippen molar-refractivity contribution in [2.24, 2.45) is 0 Å². The Morgan fingerprint density at radius 2 is 1.77 bits per heavy atom. The molecule has 2 aromatic carbocycles. The third-order valence-electron chi connectivity index (χ3n) is 4.46.